The predicted octanol–water partition coefficient (Wildman–Crippen LogP) is 4.24. The fourth-order valence-corrected chi connectivity index (χ4v) is 2.06. The maximum atomic E-state index is 2.16. The first kappa shape index (κ1) is 9.91. The van der Waals surface area contributed by atoms with Gasteiger partial charge in [-0.3, -0.25) is 0 Å². The zero-order valence-electron chi connectivity index (χ0n) is 9.45. The molecule has 1 heteroatoms. The lowest BCUT2D eigenvalue weighted by Crippen LogP contribution is -2.06. The first-order valence-electron chi connectivity index (χ1n) is 5.73. The molecule has 0 aromatic heterocycles. The van der Waals surface area contributed by atoms with E-state index in [1.165, 1.54) is 16.5 Å². The van der Waals surface area contributed by atoms with Crippen LogP contribution in [0.4, 0.5) is 5.69 Å². The molecular weight excluding hydrogens is 206 g/mol. The Morgan fingerprint density at radius 1 is 0.647 bits per heavy atom. The van der Waals surface area contributed by atoms with E-state index in [-0.39, 0.29) is 0 Å². The van der Waals surface area contributed by atoms with Crippen LogP contribution in [-0.4, -0.2) is 0 Å². The quantitative estimate of drug-likeness (QED) is 0.693. The van der Waals surface area contributed by atoms with Gasteiger partial charge in [0.25, 0.3) is 0 Å². The lowest BCUT2D eigenvalue weighted by Gasteiger charge is -2.17. The molecule has 0 bridgehead atoms. The molecule has 0 spiro atoms. The van der Waals surface area contributed by atoms with E-state index in [1.54, 1.807) is 0 Å². The molecule has 17 heavy (non-hydrogen) atoms. The molecule has 0 radical (unpaired) electrons. The highest BCUT2D eigenvalue weighted by molar-refractivity contribution is 5.95. The molecular formula is C16H13N. The maximum Gasteiger partial charge on any atom is 0.0527 e. The number of rotatable bonds is 1. The van der Waals surface area contributed by atoms with Crippen LogP contribution in [0, 0.1) is 0 Å². The number of hydrogen-bond acceptors (Lipinski definition) is 1. The monoisotopic (exact) mass is 219 g/mol. The van der Waals surface area contributed by atoms with Crippen molar-refractivity contribution in [2.75, 3.05) is 4.90 Å². The van der Waals surface area contributed by atoms with Crippen molar-refractivity contribution in [3.63, 3.8) is 0 Å². The van der Waals surface area contributed by atoms with Crippen LogP contribution in [-0.2, 0) is 0 Å². The molecule has 0 N–H and O–H groups in total. The highest BCUT2D eigenvalue weighted by atomic mass is 15.1. The Morgan fingerprint density at radius 2 is 1.35 bits per heavy atom. The summed E-state index contributed by atoms with van der Waals surface area (Å²) in [4.78, 5) is 2.14. The molecule has 0 fully saturated rings. The SMILES string of the molecule is C1=CC=CN(c2cccc3ccccc23)C=C1. The molecule has 0 aliphatic carbocycles. The zero-order valence-corrected chi connectivity index (χ0v) is 9.45. The van der Waals surface area contributed by atoms with Crippen LogP contribution in [0.3, 0.4) is 0 Å². The number of allylic oxidation sites excluding steroid dienone is 4. The fraction of sp³-hybridized carbons (Fsp3) is 0. The Morgan fingerprint density at radius 3 is 2.18 bits per heavy atom. The van der Waals surface area contributed by atoms with Gasteiger partial charge in [0.05, 0.1) is 5.69 Å². The third-order valence-electron chi connectivity index (χ3n) is 2.87. The molecule has 1 heterocycles. The predicted molar refractivity (Wildman–Crippen MR) is 73.8 cm³/mol. The van der Waals surface area contributed by atoms with E-state index in [0.29, 0.717) is 0 Å². The van der Waals surface area contributed by atoms with Gasteiger partial charge in [-0.2, -0.15) is 0 Å². The molecule has 1 nitrogen and oxygen atoms in total. The summed E-state index contributed by atoms with van der Waals surface area (Å²) in [5.41, 5.74) is 1.21. The van der Waals surface area contributed by atoms with Crippen molar-refractivity contribution in [3.8, 4) is 0 Å². The van der Waals surface area contributed by atoms with Crippen molar-refractivity contribution in [2.45, 2.75) is 0 Å². The number of fused-ring (bicyclic) bond motifs is 1. The van der Waals surface area contributed by atoms with Crippen LogP contribution in [0.2, 0.25) is 0 Å². The van der Waals surface area contributed by atoms with E-state index in [2.05, 4.69) is 59.8 Å². The van der Waals surface area contributed by atoms with Gasteiger partial charge in [0.1, 0.15) is 0 Å². The first-order valence-corrected chi connectivity index (χ1v) is 5.73. The summed E-state index contributed by atoms with van der Waals surface area (Å²) in [5.74, 6) is 0. The molecule has 0 amide bonds. The van der Waals surface area contributed by atoms with Gasteiger partial charge in [-0.05, 0) is 23.6 Å². The standard InChI is InChI=1S/C16H13N/c1-2-6-13-17(12-5-1)16-11-7-9-14-8-3-4-10-15(14)16/h1-13H. The zero-order chi connectivity index (χ0) is 11.5. The largest absolute Gasteiger partial charge is 0.323 e. The van der Waals surface area contributed by atoms with Crippen molar-refractivity contribution in [1.82, 2.24) is 0 Å². The molecule has 2 aromatic carbocycles. The smallest absolute Gasteiger partial charge is 0.0527 e. The second-order valence-corrected chi connectivity index (χ2v) is 3.97. The van der Waals surface area contributed by atoms with Crippen molar-refractivity contribution >= 4 is 16.5 Å². The minimum atomic E-state index is 1.21. The van der Waals surface area contributed by atoms with Crippen molar-refractivity contribution in [2.24, 2.45) is 0 Å². The van der Waals surface area contributed by atoms with Gasteiger partial charge >= 0.3 is 0 Å². The van der Waals surface area contributed by atoms with Crippen molar-refractivity contribution < 1.29 is 0 Å². The van der Waals surface area contributed by atoms with Crippen LogP contribution in [0.5, 0.6) is 0 Å². The number of hydrogen-bond donors (Lipinski definition) is 0. The second-order valence-electron chi connectivity index (χ2n) is 3.97. The van der Waals surface area contributed by atoms with Crippen molar-refractivity contribution in [1.29, 1.82) is 0 Å². The van der Waals surface area contributed by atoms with E-state index in [0.717, 1.165) is 0 Å². The average molecular weight is 219 g/mol. The van der Waals surface area contributed by atoms with Gasteiger partial charge in [0.2, 0.25) is 0 Å². The maximum absolute atomic E-state index is 2.16. The molecule has 0 saturated carbocycles. The average Bonchev–Trinajstić information content (AvgIpc) is 2.67. The molecule has 0 atom stereocenters. The van der Waals surface area contributed by atoms with E-state index >= 15 is 0 Å². The number of anilines is 1. The normalized spacial score (nSPS) is 14.2. The summed E-state index contributed by atoms with van der Waals surface area (Å²) in [5, 5.41) is 2.54. The van der Waals surface area contributed by atoms with Crippen molar-refractivity contribution in [3.05, 3.63) is 79.2 Å². The molecule has 0 unspecified atom stereocenters. The minimum absolute atomic E-state index is 1.21. The Hall–Kier alpha value is -2.28. The van der Waals surface area contributed by atoms with Crippen LogP contribution in [0.25, 0.3) is 10.8 Å². The summed E-state index contributed by atoms with van der Waals surface area (Å²) in [6, 6.07) is 14.8. The van der Waals surface area contributed by atoms with E-state index < -0.39 is 0 Å². The molecule has 82 valence electrons. The van der Waals surface area contributed by atoms with Crippen LogP contribution in [0.1, 0.15) is 0 Å². The highest BCUT2D eigenvalue weighted by Crippen LogP contribution is 2.27. The minimum Gasteiger partial charge on any atom is -0.323 e. The van der Waals surface area contributed by atoms with E-state index in [1.807, 2.05) is 24.3 Å². The van der Waals surface area contributed by atoms with Gasteiger partial charge in [0.15, 0.2) is 0 Å². The lowest BCUT2D eigenvalue weighted by molar-refractivity contribution is 1.30. The molecule has 2 aromatic rings. The van der Waals surface area contributed by atoms with E-state index in [9.17, 15) is 0 Å². The molecule has 0 saturated heterocycles. The highest BCUT2D eigenvalue weighted by Gasteiger charge is 2.04. The van der Waals surface area contributed by atoms with Crippen LogP contribution >= 0.6 is 0 Å². The summed E-state index contributed by atoms with van der Waals surface area (Å²) < 4.78 is 0. The Bertz CT molecular complexity index is 599. The van der Waals surface area contributed by atoms with E-state index in [4.69, 9.17) is 0 Å². The number of nitrogens with zero attached hydrogens (tertiary/aromatic N) is 1. The fourth-order valence-electron chi connectivity index (χ4n) is 2.06. The van der Waals surface area contributed by atoms with Gasteiger partial charge < -0.3 is 4.90 Å². The summed E-state index contributed by atoms with van der Waals surface area (Å²) >= 11 is 0. The third kappa shape index (κ3) is 1.87. The Balaban J connectivity index is 2.17. The lowest BCUT2D eigenvalue weighted by atomic mass is 10.1. The second kappa shape index (κ2) is 4.30. The van der Waals surface area contributed by atoms with Gasteiger partial charge in [-0.15, -0.1) is 0 Å². The molecule has 1 aliphatic rings. The summed E-state index contributed by atoms with van der Waals surface area (Å²) in [6.07, 6.45) is 12.3. The Labute approximate surface area is 101 Å². The van der Waals surface area contributed by atoms with Crippen LogP contribution in [0.15, 0.2) is 79.2 Å². The number of benzene rings is 2. The van der Waals surface area contributed by atoms with Gasteiger partial charge in [0, 0.05) is 17.8 Å². The summed E-state index contributed by atoms with van der Waals surface area (Å²) in [7, 11) is 0. The van der Waals surface area contributed by atoms with Gasteiger partial charge in [-0.1, -0.05) is 48.6 Å². The topological polar surface area (TPSA) is 3.24 Å². The molecule has 1 aliphatic heterocycles. The Kier molecular flexibility index (Phi) is 2.51. The van der Waals surface area contributed by atoms with Gasteiger partial charge in [-0.25, -0.2) is 0 Å². The third-order valence-corrected chi connectivity index (χ3v) is 2.87. The molecule has 3 rings (SSSR count). The first-order chi connectivity index (χ1) is 8.45. The van der Waals surface area contributed by atoms with Crippen LogP contribution < -0.4 is 4.90 Å². The summed E-state index contributed by atoms with van der Waals surface area (Å²) in [6.45, 7) is 0.